The van der Waals surface area contributed by atoms with Crippen molar-refractivity contribution in [3.8, 4) is 5.88 Å². The molecule has 0 fully saturated rings. The number of ether oxygens (including phenoxy) is 1. The van der Waals surface area contributed by atoms with Crippen LogP contribution >= 0.6 is 0 Å². The molecule has 2 nitrogen and oxygen atoms in total. The van der Waals surface area contributed by atoms with E-state index < -0.39 is 5.67 Å². The van der Waals surface area contributed by atoms with Gasteiger partial charge in [0.15, 0.2) is 0 Å². The van der Waals surface area contributed by atoms with E-state index in [1.54, 1.807) is 0 Å². The van der Waals surface area contributed by atoms with Gasteiger partial charge in [0, 0.05) is 6.07 Å². The Balaban J connectivity index is 2.79. The van der Waals surface area contributed by atoms with Crippen LogP contribution in [-0.4, -0.2) is 17.3 Å². The average molecular weight is 229 g/mol. The molecular formula is C12H17F2NO. The van der Waals surface area contributed by atoms with Gasteiger partial charge < -0.3 is 4.74 Å². The zero-order valence-electron chi connectivity index (χ0n) is 10.1. The fourth-order valence-electron chi connectivity index (χ4n) is 1.20. The van der Waals surface area contributed by atoms with Gasteiger partial charge in [-0.1, -0.05) is 13.8 Å². The first-order valence-corrected chi connectivity index (χ1v) is 5.27. The molecule has 0 aliphatic rings. The summed E-state index contributed by atoms with van der Waals surface area (Å²) >= 11 is 0. The highest BCUT2D eigenvalue weighted by Gasteiger charge is 2.17. The van der Waals surface area contributed by atoms with Gasteiger partial charge in [0.2, 0.25) is 5.88 Å². The molecular weight excluding hydrogens is 212 g/mol. The Morgan fingerprint density at radius 1 is 1.44 bits per heavy atom. The third kappa shape index (κ3) is 3.76. The van der Waals surface area contributed by atoms with Crippen LogP contribution in [-0.2, 0) is 0 Å². The highest BCUT2D eigenvalue weighted by atomic mass is 19.1. The topological polar surface area (TPSA) is 22.1 Å². The Bertz CT molecular complexity index is 359. The summed E-state index contributed by atoms with van der Waals surface area (Å²) in [6, 6.07) is 1.52. The monoisotopic (exact) mass is 229 g/mol. The van der Waals surface area contributed by atoms with E-state index in [9.17, 15) is 8.78 Å². The SMILES string of the molecule is CC(C)c1cc(OCC(C)(C)F)ncc1F. The lowest BCUT2D eigenvalue weighted by molar-refractivity contribution is 0.117. The van der Waals surface area contributed by atoms with Crippen molar-refractivity contribution in [1.82, 2.24) is 4.98 Å². The highest BCUT2D eigenvalue weighted by Crippen LogP contribution is 2.22. The predicted molar refractivity (Wildman–Crippen MR) is 59.0 cm³/mol. The summed E-state index contributed by atoms with van der Waals surface area (Å²) in [5.41, 5.74) is -0.893. The summed E-state index contributed by atoms with van der Waals surface area (Å²) in [5.74, 6) is -0.0542. The van der Waals surface area contributed by atoms with Gasteiger partial charge in [0.1, 0.15) is 18.1 Å². The lowest BCUT2D eigenvalue weighted by Gasteiger charge is -2.15. The van der Waals surface area contributed by atoms with E-state index in [-0.39, 0.29) is 24.2 Å². The Morgan fingerprint density at radius 3 is 2.56 bits per heavy atom. The standard InChI is InChI=1S/C12H17F2NO/c1-8(2)9-5-11(15-6-10(9)13)16-7-12(3,4)14/h5-6,8H,7H2,1-4H3. The number of rotatable bonds is 4. The first-order valence-electron chi connectivity index (χ1n) is 5.27. The van der Waals surface area contributed by atoms with Crippen molar-refractivity contribution in [3.05, 3.63) is 23.6 Å². The first kappa shape index (κ1) is 12.9. The molecule has 0 radical (unpaired) electrons. The van der Waals surface area contributed by atoms with E-state index in [1.807, 2.05) is 13.8 Å². The molecule has 1 rings (SSSR count). The number of hydrogen-bond donors (Lipinski definition) is 0. The van der Waals surface area contributed by atoms with E-state index in [1.165, 1.54) is 19.9 Å². The Morgan fingerprint density at radius 2 is 2.06 bits per heavy atom. The molecule has 0 aromatic carbocycles. The van der Waals surface area contributed by atoms with Crippen molar-refractivity contribution in [2.45, 2.75) is 39.3 Å². The zero-order valence-corrected chi connectivity index (χ0v) is 10.1. The smallest absolute Gasteiger partial charge is 0.213 e. The van der Waals surface area contributed by atoms with Gasteiger partial charge in [-0.05, 0) is 25.3 Å². The number of aromatic nitrogens is 1. The summed E-state index contributed by atoms with van der Waals surface area (Å²) in [4.78, 5) is 3.76. The lowest BCUT2D eigenvalue weighted by Crippen LogP contribution is -2.23. The molecule has 0 amide bonds. The van der Waals surface area contributed by atoms with Crippen molar-refractivity contribution in [3.63, 3.8) is 0 Å². The molecule has 1 aromatic heterocycles. The van der Waals surface area contributed by atoms with Crippen LogP contribution in [0.2, 0.25) is 0 Å². The van der Waals surface area contributed by atoms with Gasteiger partial charge in [-0.3, -0.25) is 0 Å². The van der Waals surface area contributed by atoms with Crippen molar-refractivity contribution < 1.29 is 13.5 Å². The van der Waals surface area contributed by atoms with Crippen LogP contribution in [0.5, 0.6) is 5.88 Å². The minimum Gasteiger partial charge on any atom is -0.474 e. The second kappa shape index (κ2) is 4.76. The minimum absolute atomic E-state index is 0.0451. The summed E-state index contributed by atoms with van der Waals surface area (Å²) in [5, 5.41) is 0. The van der Waals surface area contributed by atoms with Gasteiger partial charge >= 0.3 is 0 Å². The molecule has 0 atom stereocenters. The second-order valence-corrected chi connectivity index (χ2v) is 4.71. The number of pyridine rings is 1. The largest absolute Gasteiger partial charge is 0.474 e. The maximum Gasteiger partial charge on any atom is 0.213 e. The quantitative estimate of drug-likeness (QED) is 0.788. The number of nitrogens with zero attached hydrogens (tertiary/aromatic N) is 1. The zero-order chi connectivity index (χ0) is 12.3. The molecule has 0 unspecified atom stereocenters. The van der Waals surface area contributed by atoms with E-state index >= 15 is 0 Å². The first-order chi connectivity index (χ1) is 7.29. The fraction of sp³-hybridized carbons (Fsp3) is 0.583. The van der Waals surface area contributed by atoms with Crippen molar-refractivity contribution in [2.24, 2.45) is 0 Å². The molecule has 0 N–H and O–H groups in total. The number of alkyl halides is 1. The van der Waals surface area contributed by atoms with Crippen LogP contribution in [0, 0.1) is 5.82 Å². The molecule has 0 aliphatic heterocycles. The summed E-state index contributed by atoms with van der Waals surface area (Å²) in [7, 11) is 0. The van der Waals surface area contributed by atoms with E-state index in [0.29, 0.717) is 5.56 Å². The van der Waals surface area contributed by atoms with Gasteiger partial charge in [-0.2, -0.15) is 0 Å². The highest BCUT2D eigenvalue weighted by molar-refractivity contribution is 5.24. The number of hydrogen-bond acceptors (Lipinski definition) is 2. The van der Waals surface area contributed by atoms with E-state index in [0.717, 1.165) is 6.20 Å². The lowest BCUT2D eigenvalue weighted by atomic mass is 10.0. The van der Waals surface area contributed by atoms with Crippen LogP contribution in [0.15, 0.2) is 12.3 Å². The van der Waals surface area contributed by atoms with Gasteiger partial charge in [0.25, 0.3) is 0 Å². The Labute approximate surface area is 94.7 Å². The number of halogens is 2. The Hall–Kier alpha value is -1.19. The summed E-state index contributed by atoms with van der Waals surface area (Å²) in [6.45, 7) is 6.49. The fourth-order valence-corrected chi connectivity index (χ4v) is 1.20. The molecule has 0 aliphatic carbocycles. The normalized spacial score (nSPS) is 11.9. The van der Waals surface area contributed by atoms with Crippen molar-refractivity contribution in [2.75, 3.05) is 6.61 Å². The maximum absolute atomic E-state index is 13.3. The van der Waals surface area contributed by atoms with Gasteiger partial charge in [-0.25, -0.2) is 13.8 Å². The van der Waals surface area contributed by atoms with Crippen molar-refractivity contribution in [1.29, 1.82) is 0 Å². The minimum atomic E-state index is -1.42. The summed E-state index contributed by atoms with van der Waals surface area (Å²) in [6.07, 6.45) is 1.11. The maximum atomic E-state index is 13.3. The van der Waals surface area contributed by atoms with Crippen LogP contribution in [0.25, 0.3) is 0 Å². The van der Waals surface area contributed by atoms with Crippen LogP contribution in [0.3, 0.4) is 0 Å². The second-order valence-electron chi connectivity index (χ2n) is 4.71. The van der Waals surface area contributed by atoms with E-state index in [2.05, 4.69) is 4.98 Å². The van der Waals surface area contributed by atoms with E-state index in [4.69, 9.17) is 4.74 Å². The molecule has 1 aromatic rings. The van der Waals surface area contributed by atoms with Crippen LogP contribution in [0.1, 0.15) is 39.2 Å². The molecule has 1 heterocycles. The van der Waals surface area contributed by atoms with Crippen LogP contribution in [0.4, 0.5) is 8.78 Å². The average Bonchev–Trinajstić information content (AvgIpc) is 2.14. The van der Waals surface area contributed by atoms with Gasteiger partial charge in [-0.15, -0.1) is 0 Å². The Kier molecular flexibility index (Phi) is 3.83. The third-order valence-corrected chi connectivity index (χ3v) is 2.05. The third-order valence-electron chi connectivity index (χ3n) is 2.05. The van der Waals surface area contributed by atoms with Crippen LogP contribution < -0.4 is 4.74 Å². The molecule has 0 spiro atoms. The molecule has 90 valence electrons. The molecule has 0 saturated carbocycles. The molecule has 0 bridgehead atoms. The predicted octanol–water partition coefficient (Wildman–Crippen LogP) is 3.47. The summed E-state index contributed by atoms with van der Waals surface area (Å²) < 4.78 is 31.7. The molecule has 0 saturated heterocycles. The van der Waals surface area contributed by atoms with Gasteiger partial charge in [0.05, 0.1) is 6.20 Å². The van der Waals surface area contributed by atoms with Crippen molar-refractivity contribution >= 4 is 0 Å². The molecule has 4 heteroatoms. The molecule has 16 heavy (non-hydrogen) atoms.